The molecule has 0 aliphatic carbocycles. The number of halogens is 3. The maximum absolute atomic E-state index is 12.7. The summed E-state index contributed by atoms with van der Waals surface area (Å²) in [6.07, 6.45) is -2.10. The van der Waals surface area contributed by atoms with Gasteiger partial charge in [0, 0.05) is 12.1 Å². The molecule has 0 radical (unpaired) electrons. The Kier molecular flexibility index (Phi) is 4.76. The van der Waals surface area contributed by atoms with E-state index in [-0.39, 0.29) is 11.9 Å². The summed E-state index contributed by atoms with van der Waals surface area (Å²) in [6, 6.07) is 7.30. The summed E-state index contributed by atoms with van der Waals surface area (Å²) >= 11 is 1.32. The number of alkyl halides is 3. The van der Waals surface area contributed by atoms with Gasteiger partial charge in [-0.2, -0.15) is 13.2 Å². The van der Waals surface area contributed by atoms with Crippen molar-refractivity contribution in [3.05, 3.63) is 46.2 Å². The third-order valence-electron chi connectivity index (χ3n) is 5.84. The maximum Gasteiger partial charge on any atom is 0.416 e. The van der Waals surface area contributed by atoms with Gasteiger partial charge in [0.2, 0.25) is 0 Å². The minimum atomic E-state index is -4.34. The summed E-state index contributed by atoms with van der Waals surface area (Å²) in [6.45, 7) is 4.38. The lowest BCUT2D eigenvalue weighted by molar-refractivity contribution is -0.137. The van der Waals surface area contributed by atoms with Crippen molar-refractivity contribution >= 4 is 17.2 Å². The van der Waals surface area contributed by atoms with E-state index >= 15 is 0 Å². The highest BCUT2D eigenvalue weighted by molar-refractivity contribution is 7.12. The van der Waals surface area contributed by atoms with Crippen LogP contribution in [-0.2, 0) is 6.18 Å². The molecule has 2 unspecified atom stereocenters. The Morgan fingerprint density at radius 2 is 1.81 bits per heavy atom. The lowest BCUT2D eigenvalue weighted by atomic mass is 9.79. The average Bonchev–Trinajstić information content (AvgIpc) is 3.15. The second-order valence-corrected chi connectivity index (χ2v) is 8.30. The second kappa shape index (κ2) is 6.95. The van der Waals surface area contributed by atoms with Crippen molar-refractivity contribution in [2.24, 2.45) is 5.92 Å². The topological polar surface area (TPSA) is 32.3 Å². The van der Waals surface area contributed by atoms with Gasteiger partial charge in [0.05, 0.1) is 10.4 Å². The number of hydrogen-bond donors (Lipinski definition) is 1. The van der Waals surface area contributed by atoms with Crippen LogP contribution in [0.1, 0.15) is 35.0 Å². The predicted molar refractivity (Wildman–Crippen MR) is 99.8 cm³/mol. The minimum absolute atomic E-state index is 0.0937. The Morgan fingerprint density at radius 1 is 1.15 bits per heavy atom. The molecule has 0 saturated carbocycles. The number of fused-ring (bicyclic) bond motifs is 3. The molecule has 7 heteroatoms. The van der Waals surface area contributed by atoms with Gasteiger partial charge in [-0.3, -0.25) is 9.69 Å². The molecule has 3 fully saturated rings. The van der Waals surface area contributed by atoms with Crippen molar-refractivity contribution in [3.63, 3.8) is 0 Å². The van der Waals surface area contributed by atoms with Gasteiger partial charge >= 0.3 is 6.18 Å². The number of nitrogens with zero attached hydrogens (tertiary/aromatic N) is 1. The van der Waals surface area contributed by atoms with Gasteiger partial charge in [0.15, 0.2) is 0 Å². The smallest absolute Gasteiger partial charge is 0.347 e. The molecule has 4 heterocycles. The van der Waals surface area contributed by atoms with Crippen LogP contribution in [0.5, 0.6) is 0 Å². The van der Waals surface area contributed by atoms with Gasteiger partial charge in [-0.1, -0.05) is 12.1 Å². The first-order chi connectivity index (χ1) is 12.8. The summed E-state index contributed by atoms with van der Waals surface area (Å²) in [5, 5.41) is 5.01. The van der Waals surface area contributed by atoms with Crippen molar-refractivity contribution in [1.82, 2.24) is 10.2 Å². The normalized spacial score (nSPS) is 27.6. The Bertz CT molecular complexity index is 820. The number of carbonyl (C=O) groups is 1. The first-order valence-electron chi connectivity index (χ1n) is 9.14. The average molecular weight is 394 g/mol. The molecule has 3 aliphatic rings. The standard InChI is InChI=1S/C20H21F3N2OS/c1-12-18(14-6-8-25(12)9-7-14)24-19(26)17-10-15(11-27-17)13-2-4-16(5-3-13)20(21,22)23/h2-5,10-12,14,18H,6-9H2,1H3,(H,24,26). The largest absolute Gasteiger partial charge is 0.416 e. The third kappa shape index (κ3) is 3.62. The monoisotopic (exact) mass is 394 g/mol. The molecule has 27 heavy (non-hydrogen) atoms. The summed E-state index contributed by atoms with van der Waals surface area (Å²) in [7, 11) is 0. The number of hydrogen-bond acceptors (Lipinski definition) is 3. The van der Waals surface area contributed by atoms with E-state index in [1.165, 1.54) is 23.5 Å². The molecule has 1 aromatic heterocycles. The van der Waals surface area contributed by atoms with Crippen LogP contribution in [0.2, 0.25) is 0 Å². The quantitative estimate of drug-likeness (QED) is 0.822. The van der Waals surface area contributed by atoms with Crippen LogP contribution in [0.15, 0.2) is 35.7 Å². The molecule has 1 amide bonds. The highest BCUT2D eigenvalue weighted by Gasteiger charge is 2.40. The molecule has 3 aliphatic heterocycles. The van der Waals surface area contributed by atoms with Crippen LogP contribution < -0.4 is 5.32 Å². The second-order valence-electron chi connectivity index (χ2n) is 7.39. The Labute approximate surface area is 160 Å². The van der Waals surface area contributed by atoms with E-state index in [0.29, 0.717) is 22.4 Å². The summed E-state index contributed by atoms with van der Waals surface area (Å²) in [5.41, 5.74) is 0.770. The van der Waals surface area contributed by atoms with Gasteiger partial charge in [0.1, 0.15) is 0 Å². The summed E-state index contributed by atoms with van der Waals surface area (Å²) in [4.78, 5) is 15.7. The lowest BCUT2D eigenvalue weighted by Gasteiger charge is -2.49. The number of benzene rings is 1. The van der Waals surface area contributed by atoms with E-state index in [1.54, 1.807) is 6.07 Å². The fourth-order valence-corrected chi connectivity index (χ4v) is 5.05. The number of rotatable bonds is 3. The van der Waals surface area contributed by atoms with Crippen molar-refractivity contribution < 1.29 is 18.0 Å². The van der Waals surface area contributed by atoms with Gasteiger partial charge in [0.25, 0.3) is 5.91 Å². The number of carbonyl (C=O) groups excluding carboxylic acids is 1. The number of thiophene rings is 1. The SMILES string of the molecule is CC1C(NC(=O)c2cc(-c3ccc(C(F)(F)F)cc3)cs2)C2CCN1CC2. The molecule has 2 atom stereocenters. The number of nitrogens with one attached hydrogen (secondary N) is 1. The van der Waals surface area contributed by atoms with Crippen molar-refractivity contribution in [1.29, 1.82) is 0 Å². The Balaban J connectivity index is 1.47. The van der Waals surface area contributed by atoms with Gasteiger partial charge in [-0.15, -0.1) is 11.3 Å². The van der Waals surface area contributed by atoms with Gasteiger partial charge < -0.3 is 5.32 Å². The fraction of sp³-hybridized carbons (Fsp3) is 0.450. The fourth-order valence-electron chi connectivity index (χ4n) is 4.23. The van der Waals surface area contributed by atoms with Crippen LogP contribution in [0.25, 0.3) is 11.1 Å². The molecular weight excluding hydrogens is 373 g/mol. The highest BCUT2D eigenvalue weighted by atomic mass is 32.1. The maximum atomic E-state index is 12.7. The molecule has 2 aromatic rings. The summed E-state index contributed by atoms with van der Waals surface area (Å²) in [5.74, 6) is 0.437. The van der Waals surface area contributed by atoms with Crippen LogP contribution >= 0.6 is 11.3 Å². The van der Waals surface area contributed by atoms with E-state index in [9.17, 15) is 18.0 Å². The van der Waals surface area contributed by atoms with Gasteiger partial charge in [-0.05, 0) is 73.5 Å². The molecule has 5 rings (SSSR count). The molecular formula is C20H21F3N2OS. The van der Waals surface area contributed by atoms with E-state index in [0.717, 1.165) is 43.6 Å². The minimum Gasteiger partial charge on any atom is -0.347 e. The highest BCUT2D eigenvalue weighted by Crippen LogP contribution is 2.34. The molecule has 3 saturated heterocycles. The zero-order chi connectivity index (χ0) is 19.2. The molecule has 0 spiro atoms. The molecule has 1 aromatic carbocycles. The molecule has 2 bridgehead atoms. The molecule has 1 N–H and O–H groups in total. The van der Waals surface area contributed by atoms with Gasteiger partial charge in [-0.25, -0.2) is 0 Å². The van der Waals surface area contributed by atoms with E-state index < -0.39 is 11.7 Å². The zero-order valence-corrected chi connectivity index (χ0v) is 15.7. The van der Waals surface area contributed by atoms with Crippen LogP contribution in [0.3, 0.4) is 0 Å². The molecule has 144 valence electrons. The van der Waals surface area contributed by atoms with Crippen molar-refractivity contribution in [2.45, 2.75) is 38.0 Å². The van der Waals surface area contributed by atoms with Crippen molar-refractivity contribution in [3.8, 4) is 11.1 Å². The predicted octanol–water partition coefficient (Wildman–Crippen LogP) is 4.65. The first kappa shape index (κ1) is 18.5. The lowest BCUT2D eigenvalue weighted by Crippen LogP contribution is -2.62. The van der Waals surface area contributed by atoms with E-state index in [2.05, 4.69) is 17.1 Å². The number of amides is 1. The Morgan fingerprint density at radius 3 is 2.41 bits per heavy atom. The first-order valence-corrected chi connectivity index (χ1v) is 10.0. The van der Waals surface area contributed by atoms with Crippen LogP contribution in [-0.4, -0.2) is 36.0 Å². The Hall–Kier alpha value is -1.86. The summed E-state index contributed by atoms with van der Waals surface area (Å²) < 4.78 is 38.1. The third-order valence-corrected chi connectivity index (χ3v) is 6.77. The van der Waals surface area contributed by atoms with Crippen molar-refractivity contribution in [2.75, 3.05) is 13.1 Å². The van der Waals surface area contributed by atoms with Crippen LogP contribution in [0, 0.1) is 5.92 Å². The zero-order valence-electron chi connectivity index (χ0n) is 14.9. The van der Waals surface area contributed by atoms with Crippen LogP contribution in [0.4, 0.5) is 13.2 Å². The number of piperidine rings is 3. The molecule has 3 nitrogen and oxygen atoms in total. The van der Waals surface area contributed by atoms with E-state index in [4.69, 9.17) is 0 Å². The van der Waals surface area contributed by atoms with E-state index in [1.807, 2.05) is 5.38 Å².